The Labute approximate surface area is 241 Å². The quantitative estimate of drug-likeness (QED) is 0.299. The van der Waals surface area contributed by atoms with Crippen LogP contribution in [0.2, 0.25) is 10.0 Å². The lowest BCUT2D eigenvalue weighted by molar-refractivity contribution is -0.139. The van der Waals surface area contributed by atoms with Gasteiger partial charge < -0.3 is 10.2 Å². The molecule has 0 aliphatic rings. The van der Waals surface area contributed by atoms with Gasteiger partial charge in [0.05, 0.1) is 10.6 Å². The van der Waals surface area contributed by atoms with Crippen LogP contribution in [0.3, 0.4) is 0 Å². The Balaban J connectivity index is 2.06. The molecule has 1 atom stereocenters. The summed E-state index contributed by atoms with van der Waals surface area (Å²) in [5, 5.41) is 3.46. The maximum Gasteiger partial charge on any atom is 0.264 e. The minimum Gasteiger partial charge on any atom is -0.352 e. The third-order valence-corrected chi connectivity index (χ3v) is 8.68. The van der Waals surface area contributed by atoms with Crippen molar-refractivity contribution in [2.45, 2.75) is 44.3 Å². The van der Waals surface area contributed by atoms with Gasteiger partial charge in [0.25, 0.3) is 10.0 Å². The standard InChI is InChI=1S/C27H28BrCl2N3O4S/c1-18(2)31-27(35)19(3)32(16-23-24(29)13-8-14-25(23)30)26(34)17-33(21-10-7-9-20(28)15-21)38(36,37)22-11-5-4-6-12-22/h4-15,18-19H,16-17H2,1-3H3,(H,31,35)/t19-/m1/s1. The van der Waals surface area contributed by atoms with Gasteiger partial charge in [0, 0.05) is 32.7 Å². The van der Waals surface area contributed by atoms with Gasteiger partial charge in [0.2, 0.25) is 11.8 Å². The first-order chi connectivity index (χ1) is 17.9. The number of anilines is 1. The lowest BCUT2D eigenvalue weighted by Gasteiger charge is -2.32. The molecule has 2 amide bonds. The highest BCUT2D eigenvalue weighted by atomic mass is 79.9. The molecule has 202 valence electrons. The Morgan fingerprint density at radius 3 is 2.11 bits per heavy atom. The number of amides is 2. The number of rotatable bonds is 10. The van der Waals surface area contributed by atoms with Crippen molar-refractivity contribution in [3.05, 3.63) is 92.9 Å². The van der Waals surface area contributed by atoms with Crippen molar-refractivity contribution in [2.24, 2.45) is 0 Å². The van der Waals surface area contributed by atoms with Crippen molar-refractivity contribution in [3.8, 4) is 0 Å². The molecule has 0 radical (unpaired) electrons. The Bertz CT molecular complexity index is 1380. The molecule has 11 heteroatoms. The van der Waals surface area contributed by atoms with E-state index in [4.69, 9.17) is 23.2 Å². The summed E-state index contributed by atoms with van der Waals surface area (Å²) < 4.78 is 29.1. The average Bonchev–Trinajstić information content (AvgIpc) is 2.86. The highest BCUT2D eigenvalue weighted by Crippen LogP contribution is 2.29. The van der Waals surface area contributed by atoms with Crippen molar-refractivity contribution in [2.75, 3.05) is 10.8 Å². The first-order valence-electron chi connectivity index (χ1n) is 11.8. The maximum atomic E-state index is 13.9. The average molecular weight is 641 g/mol. The zero-order valence-electron chi connectivity index (χ0n) is 21.1. The van der Waals surface area contributed by atoms with E-state index in [0.717, 1.165) is 4.31 Å². The van der Waals surface area contributed by atoms with Gasteiger partial charge in [-0.25, -0.2) is 8.42 Å². The number of halogens is 3. The molecular formula is C27H28BrCl2N3O4S. The van der Waals surface area contributed by atoms with E-state index in [1.807, 2.05) is 13.8 Å². The van der Waals surface area contributed by atoms with Crippen LogP contribution in [-0.2, 0) is 26.2 Å². The molecule has 0 aliphatic heterocycles. The third kappa shape index (κ3) is 7.28. The van der Waals surface area contributed by atoms with E-state index in [0.29, 0.717) is 20.1 Å². The van der Waals surface area contributed by atoms with Crippen molar-refractivity contribution >= 4 is 66.7 Å². The van der Waals surface area contributed by atoms with Gasteiger partial charge in [0.1, 0.15) is 12.6 Å². The molecule has 0 aliphatic carbocycles. The molecule has 7 nitrogen and oxygen atoms in total. The minimum atomic E-state index is -4.14. The van der Waals surface area contributed by atoms with Gasteiger partial charge in [-0.3, -0.25) is 13.9 Å². The monoisotopic (exact) mass is 639 g/mol. The van der Waals surface area contributed by atoms with Crippen LogP contribution in [0.1, 0.15) is 26.3 Å². The molecule has 0 fully saturated rings. The molecule has 0 heterocycles. The summed E-state index contributed by atoms with van der Waals surface area (Å²) in [5.41, 5.74) is 0.736. The van der Waals surface area contributed by atoms with E-state index in [2.05, 4.69) is 21.2 Å². The molecule has 0 saturated carbocycles. The number of nitrogens with zero attached hydrogens (tertiary/aromatic N) is 2. The van der Waals surface area contributed by atoms with Gasteiger partial charge in [-0.05, 0) is 63.2 Å². The van der Waals surface area contributed by atoms with E-state index in [-0.39, 0.29) is 23.2 Å². The van der Waals surface area contributed by atoms with Crippen molar-refractivity contribution in [1.29, 1.82) is 0 Å². The largest absolute Gasteiger partial charge is 0.352 e. The number of carbonyl (C=O) groups excluding carboxylic acids is 2. The molecule has 3 rings (SSSR count). The van der Waals surface area contributed by atoms with Gasteiger partial charge in [-0.1, -0.05) is 69.5 Å². The maximum absolute atomic E-state index is 13.9. The fourth-order valence-corrected chi connectivity index (χ4v) is 6.05. The second-order valence-electron chi connectivity index (χ2n) is 8.87. The van der Waals surface area contributed by atoms with Crippen molar-refractivity contribution in [3.63, 3.8) is 0 Å². The van der Waals surface area contributed by atoms with Gasteiger partial charge in [-0.2, -0.15) is 0 Å². The molecule has 3 aromatic rings. The molecule has 3 aromatic carbocycles. The van der Waals surface area contributed by atoms with Crippen LogP contribution >= 0.6 is 39.1 Å². The SMILES string of the molecule is CC(C)NC(=O)[C@@H](C)N(Cc1c(Cl)cccc1Cl)C(=O)CN(c1cccc(Br)c1)S(=O)(=O)c1ccccc1. The fourth-order valence-electron chi connectivity index (χ4n) is 3.72. The van der Waals surface area contributed by atoms with E-state index in [1.165, 1.54) is 17.0 Å². The Hall–Kier alpha value is -2.59. The van der Waals surface area contributed by atoms with Crippen LogP contribution in [0, 0.1) is 0 Å². The van der Waals surface area contributed by atoms with E-state index in [9.17, 15) is 18.0 Å². The lowest BCUT2D eigenvalue weighted by Crippen LogP contribution is -2.52. The highest BCUT2D eigenvalue weighted by molar-refractivity contribution is 9.10. The van der Waals surface area contributed by atoms with Crippen molar-refractivity contribution < 1.29 is 18.0 Å². The number of hydrogen-bond donors (Lipinski definition) is 1. The summed E-state index contributed by atoms with van der Waals surface area (Å²) in [6.07, 6.45) is 0. The van der Waals surface area contributed by atoms with E-state index < -0.39 is 34.4 Å². The van der Waals surface area contributed by atoms with Gasteiger partial charge >= 0.3 is 0 Å². The van der Waals surface area contributed by atoms with Crippen LogP contribution in [0.4, 0.5) is 5.69 Å². The molecule has 0 unspecified atom stereocenters. The summed E-state index contributed by atoms with van der Waals surface area (Å²) in [6.45, 7) is 4.54. The van der Waals surface area contributed by atoms with Gasteiger partial charge in [-0.15, -0.1) is 0 Å². The predicted octanol–water partition coefficient (Wildman–Crippen LogP) is 5.89. The lowest BCUT2D eigenvalue weighted by atomic mass is 10.1. The van der Waals surface area contributed by atoms with Crippen LogP contribution in [0.15, 0.2) is 82.2 Å². The second kappa shape index (κ2) is 13.0. The number of nitrogens with one attached hydrogen (secondary N) is 1. The fraction of sp³-hybridized carbons (Fsp3) is 0.259. The summed E-state index contributed by atoms with van der Waals surface area (Å²) in [7, 11) is -4.14. The number of hydrogen-bond acceptors (Lipinski definition) is 4. The normalized spacial score (nSPS) is 12.2. The van der Waals surface area contributed by atoms with Crippen LogP contribution in [-0.4, -0.2) is 43.8 Å². The Morgan fingerprint density at radius 1 is 0.921 bits per heavy atom. The summed E-state index contributed by atoms with van der Waals surface area (Å²) in [4.78, 5) is 28.2. The molecule has 1 N–H and O–H groups in total. The first kappa shape index (κ1) is 30.0. The third-order valence-electron chi connectivity index (χ3n) is 5.69. The molecular weight excluding hydrogens is 613 g/mol. The number of benzene rings is 3. The van der Waals surface area contributed by atoms with Crippen LogP contribution < -0.4 is 9.62 Å². The summed E-state index contributed by atoms with van der Waals surface area (Å²) in [5.74, 6) is -0.997. The minimum absolute atomic E-state index is 0.0269. The first-order valence-corrected chi connectivity index (χ1v) is 14.8. The zero-order valence-corrected chi connectivity index (χ0v) is 25.0. The molecule has 0 bridgehead atoms. The smallest absolute Gasteiger partial charge is 0.264 e. The molecule has 0 aromatic heterocycles. The number of carbonyl (C=O) groups is 2. The zero-order chi connectivity index (χ0) is 28.0. The Morgan fingerprint density at radius 2 is 1.53 bits per heavy atom. The topological polar surface area (TPSA) is 86.8 Å². The van der Waals surface area contributed by atoms with Crippen molar-refractivity contribution in [1.82, 2.24) is 10.2 Å². The Kier molecular flexibility index (Phi) is 10.2. The highest BCUT2D eigenvalue weighted by Gasteiger charge is 2.33. The van der Waals surface area contributed by atoms with Gasteiger partial charge in [0.15, 0.2) is 0 Å². The van der Waals surface area contributed by atoms with Crippen LogP contribution in [0.25, 0.3) is 0 Å². The van der Waals surface area contributed by atoms with Crippen LogP contribution in [0.5, 0.6) is 0 Å². The van der Waals surface area contributed by atoms with E-state index in [1.54, 1.807) is 67.6 Å². The predicted molar refractivity (Wildman–Crippen MR) is 155 cm³/mol. The summed E-state index contributed by atoms with van der Waals surface area (Å²) in [6, 6.07) is 18.3. The molecule has 0 saturated heterocycles. The van der Waals surface area contributed by atoms with E-state index >= 15 is 0 Å². The molecule has 38 heavy (non-hydrogen) atoms. The molecule has 0 spiro atoms. The summed E-state index contributed by atoms with van der Waals surface area (Å²) >= 11 is 16.1. The second-order valence-corrected chi connectivity index (χ2v) is 12.5. The number of sulfonamides is 1.